The van der Waals surface area contributed by atoms with Crippen LogP contribution in [0.1, 0.15) is 18.4 Å². The van der Waals surface area contributed by atoms with Gasteiger partial charge in [0.15, 0.2) is 0 Å². The highest BCUT2D eigenvalue weighted by atomic mass is 16.6. The van der Waals surface area contributed by atoms with Gasteiger partial charge in [0.05, 0.1) is 4.92 Å². The molecule has 0 unspecified atom stereocenters. The lowest BCUT2D eigenvalue weighted by atomic mass is 10.1. The van der Waals surface area contributed by atoms with Crippen LogP contribution < -0.4 is 4.90 Å². The third-order valence-corrected chi connectivity index (χ3v) is 2.76. The highest BCUT2D eigenvalue weighted by Crippen LogP contribution is 2.25. The van der Waals surface area contributed by atoms with Crippen LogP contribution in [-0.4, -0.2) is 18.0 Å². The summed E-state index contributed by atoms with van der Waals surface area (Å²) in [6.07, 6.45) is 4.96. The van der Waals surface area contributed by atoms with Crippen molar-refractivity contribution in [1.29, 1.82) is 0 Å². The van der Waals surface area contributed by atoms with Gasteiger partial charge in [-0.1, -0.05) is 18.2 Å². The van der Waals surface area contributed by atoms with Crippen molar-refractivity contribution in [1.82, 2.24) is 0 Å². The Labute approximate surface area is 94.3 Å². The Morgan fingerprint density at radius 2 is 1.94 bits per heavy atom. The van der Waals surface area contributed by atoms with E-state index in [1.165, 1.54) is 12.8 Å². The second-order valence-electron chi connectivity index (χ2n) is 3.85. The molecule has 16 heavy (non-hydrogen) atoms. The van der Waals surface area contributed by atoms with Crippen LogP contribution in [0, 0.1) is 10.1 Å². The van der Waals surface area contributed by atoms with Crippen molar-refractivity contribution in [3.63, 3.8) is 0 Å². The normalized spacial score (nSPS) is 15.9. The summed E-state index contributed by atoms with van der Waals surface area (Å²) in [4.78, 5) is 12.2. The third kappa shape index (κ3) is 2.39. The third-order valence-electron chi connectivity index (χ3n) is 2.76. The maximum absolute atomic E-state index is 10.3. The van der Waals surface area contributed by atoms with Gasteiger partial charge in [-0.25, -0.2) is 0 Å². The van der Waals surface area contributed by atoms with Crippen LogP contribution in [0.5, 0.6) is 0 Å². The maximum Gasteiger partial charge on any atom is 0.235 e. The smallest absolute Gasteiger partial charge is 0.235 e. The van der Waals surface area contributed by atoms with Crippen molar-refractivity contribution in [2.24, 2.45) is 0 Å². The fourth-order valence-electron chi connectivity index (χ4n) is 2.02. The second kappa shape index (κ2) is 4.79. The lowest BCUT2D eigenvalue weighted by molar-refractivity contribution is -0.400. The Kier molecular flexibility index (Phi) is 3.19. The van der Waals surface area contributed by atoms with Crippen molar-refractivity contribution in [2.75, 3.05) is 18.0 Å². The van der Waals surface area contributed by atoms with E-state index >= 15 is 0 Å². The molecule has 1 fully saturated rings. The van der Waals surface area contributed by atoms with E-state index in [-0.39, 0.29) is 0 Å². The molecule has 4 nitrogen and oxygen atoms in total. The molecule has 0 spiro atoms. The topological polar surface area (TPSA) is 46.4 Å². The number of anilines is 1. The molecule has 1 aromatic carbocycles. The number of rotatable bonds is 3. The molecule has 0 saturated carbocycles. The Morgan fingerprint density at radius 1 is 1.25 bits per heavy atom. The van der Waals surface area contributed by atoms with Gasteiger partial charge in [-0.3, -0.25) is 10.1 Å². The van der Waals surface area contributed by atoms with Crippen LogP contribution in [-0.2, 0) is 0 Å². The van der Waals surface area contributed by atoms with Gasteiger partial charge in [0.1, 0.15) is 0 Å². The minimum Gasteiger partial charge on any atom is -0.371 e. The first-order valence-electron chi connectivity index (χ1n) is 5.43. The molecule has 0 bridgehead atoms. The Balaban J connectivity index is 2.26. The largest absolute Gasteiger partial charge is 0.371 e. The van der Waals surface area contributed by atoms with Crippen LogP contribution in [0.25, 0.3) is 6.08 Å². The summed E-state index contributed by atoms with van der Waals surface area (Å²) in [5.74, 6) is 0. The van der Waals surface area contributed by atoms with Crippen molar-refractivity contribution >= 4 is 11.8 Å². The molecular weight excluding hydrogens is 204 g/mol. The number of hydrogen-bond donors (Lipinski definition) is 0. The molecule has 1 saturated heterocycles. The van der Waals surface area contributed by atoms with E-state index in [4.69, 9.17) is 0 Å². The molecule has 4 heteroatoms. The van der Waals surface area contributed by atoms with Crippen molar-refractivity contribution in [2.45, 2.75) is 12.8 Å². The zero-order valence-electron chi connectivity index (χ0n) is 9.00. The van der Waals surface area contributed by atoms with Crippen molar-refractivity contribution in [3.8, 4) is 0 Å². The number of nitrogens with zero attached hydrogens (tertiary/aromatic N) is 2. The standard InChI is InChI=1S/C12H14N2O2/c15-14(16)10-7-11-5-1-2-6-12(11)13-8-3-4-9-13/h1-2,5-7,10H,3-4,8-9H2/b10-7+. The van der Waals surface area contributed by atoms with Gasteiger partial charge in [-0.05, 0) is 18.9 Å². The highest BCUT2D eigenvalue weighted by molar-refractivity contribution is 5.67. The Hall–Kier alpha value is -1.84. The molecule has 1 heterocycles. The molecule has 1 aliphatic heterocycles. The Bertz CT molecular complexity index is 409. The summed E-state index contributed by atoms with van der Waals surface area (Å²) >= 11 is 0. The maximum atomic E-state index is 10.3. The van der Waals surface area contributed by atoms with Gasteiger partial charge in [-0.15, -0.1) is 0 Å². The fraction of sp³-hybridized carbons (Fsp3) is 0.333. The molecule has 84 valence electrons. The van der Waals surface area contributed by atoms with Crippen LogP contribution in [0.2, 0.25) is 0 Å². The van der Waals surface area contributed by atoms with E-state index < -0.39 is 4.92 Å². The van der Waals surface area contributed by atoms with E-state index in [1.54, 1.807) is 6.08 Å². The fourth-order valence-corrected chi connectivity index (χ4v) is 2.02. The van der Waals surface area contributed by atoms with E-state index in [0.717, 1.165) is 30.5 Å². The highest BCUT2D eigenvalue weighted by Gasteiger charge is 2.14. The van der Waals surface area contributed by atoms with Gasteiger partial charge in [0.25, 0.3) is 0 Å². The molecular formula is C12H14N2O2. The summed E-state index contributed by atoms with van der Waals surface area (Å²) in [5, 5.41) is 10.3. The molecule has 0 amide bonds. The monoisotopic (exact) mass is 218 g/mol. The first-order chi connectivity index (χ1) is 7.77. The zero-order chi connectivity index (χ0) is 11.4. The summed E-state index contributed by atoms with van der Waals surface area (Å²) in [7, 11) is 0. The first-order valence-corrected chi connectivity index (χ1v) is 5.43. The minimum absolute atomic E-state index is 0.430. The number of para-hydroxylation sites is 1. The zero-order valence-corrected chi connectivity index (χ0v) is 9.00. The molecule has 1 aromatic rings. The van der Waals surface area contributed by atoms with Gasteiger partial charge < -0.3 is 4.90 Å². The van der Waals surface area contributed by atoms with Gasteiger partial charge in [0.2, 0.25) is 6.20 Å². The lowest BCUT2D eigenvalue weighted by Gasteiger charge is -2.19. The molecule has 0 aromatic heterocycles. The average Bonchev–Trinajstić information content (AvgIpc) is 2.80. The van der Waals surface area contributed by atoms with Crippen LogP contribution in [0.4, 0.5) is 5.69 Å². The Morgan fingerprint density at radius 3 is 2.62 bits per heavy atom. The lowest BCUT2D eigenvalue weighted by Crippen LogP contribution is -2.18. The molecule has 1 aliphatic rings. The van der Waals surface area contributed by atoms with Crippen LogP contribution >= 0.6 is 0 Å². The van der Waals surface area contributed by atoms with Crippen LogP contribution in [0.3, 0.4) is 0 Å². The van der Waals surface area contributed by atoms with Gasteiger partial charge >= 0.3 is 0 Å². The number of hydrogen-bond acceptors (Lipinski definition) is 3. The molecule has 0 N–H and O–H groups in total. The van der Waals surface area contributed by atoms with Crippen LogP contribution in [0.15, 0.2) is 30.5 Å². The minimum atomic E-state index is -0.430. The van der Waals surface area contributed by atoms with E-state index in [1.807, 2.05) is 24.3 Å². The van der Waals surface area contributed by atoms with E-state index in [2.05, 4.69) is 4.90 Å². The predicted octanol–water partition coefficient (Wildman–Crippen LogP) is 2.53. The number of nitro groups is 1. The van der Waals surface area contributed by atoms with Crippen molar-refractivity contribution < 1.29 is 4.92 Å². The molecule has 0 atom stereocenters. The SMILES string of the molecule is O=[N+]([O-])/C=C/c1ccccc1N1CCCC1. The first kappa shape index (κ1) is 10.7. The molecule has 0 radical (unpaired) electrons. The summed E-state index contributed by atoms with van der Waals surface area (Å²) < 4.78 is 0. The quantitative estimate of drug-likeness (QED) is 0.578. The summed E-state index contributed by atoms with van der Waals surface area (Å²) in [5.41, 5.74) is 2.01. The summed E-state index contributed by atoms with van der Waals surface area (Å²) in [6, 6.07) is 7.80. The van der Waals surface area contributed by atoms with Crippen molar-refractivity contribution in [3.05, 3.63) is 46.1 Å². The second-order valence-corrected chi connectivity index (χ2v) is 3.85. The van der Waals surface area contributed by atoms with Gasteiger partial charge in [0, 0.05) is 30.4 Å². The number of benzene rings is 1. The average molecular weight is 218 g/mol. The summed E-state index contributed by atoms with van der Waals surface area (Å²) in [6.45, 7) is 2.09. The predicted molar refractivity (Wildman–Crippen MR) is 63.9 cm³/mol. The molecule has 2 rings (SSSR count). The van der Waals surface area contributed by atoms with E-state index in [9.17, 15) is 10.1 Å². The molecule has 0 aliphatic carbocycles. The van der Waals surface area contributed by atoms with Gasteiger partial charge in [-0.2, -0.15) is 0 Å². The van der Waals surface area contributed by atoms with E-state index in [0.29, 0.717) is 0 Å².